The minimum absolute atomic E-state index is 0.289. The summed E-state index contributed by atoms with van der Waals surface area (Å²) in [5.74, 6) is -1.22. The zero-order valence-corrected chi connectivity index (χ0v) is 13.1. The summed E-state index contributed by atoms with van der Waals surface area (Å²) in [6.07, 6.45) is 0. The van der Waals surface area contributed by atoms with Crippen LogP contribution in [0, 0.1) is 5.82 Å². The third kappa shape index (κ3) is 4.01. The van der Waals surface area contributed by atoms with Gasteiger partial charge >= 0.3 is 5.97 Å². The van der Waals surface area contributed by atoms with Gasteiger partial charge in [-0.3, -0.25) is 4.79 Å². The Labute approximate surface area is 121 Å². The molecule has 2 N–H and O–H groups in total. The molecule has 106 valence electrons. The summed E-state index contributed by atoms with van der Waals surface area (Å²) in [7, 11) is 0. The summed E-state index contributed by atoms with van der Waals surface area (Å²) in [6.45, 7) is 7.29. The van der Waals surface area contributed by atoms with Crippen molar-refractivity contribution in [2.24, 2.45) is 0 Å². The largest absolute Gasteiger partial charge is 0.480 e. The number of hydrogen-bond acceptors (Lipinski definition) is 2. The van der Waals surface area contributed by atoms with E-state index in [2.05, 4.69) is 21.2 Å². The van der Waals surface area contributed by atoms with E-state index in [4.69, 9.17) is 5.11 Å². The van der Waals surface area contributed by atoms with Crippen molar-refractivity contribution in [3.8, 4) is 0 Å². The molecule has 0 amide bonds. The fraction of sp³-hybridized carbons (Fsp3) is 0.500. The van der Waals surface area contributed by atoms with Crippen LogP contribution in [0.25, 0.3) is 0 Å². The van der Waals surface area contributed by atoms with Crippen molar-refractivity contribution in [2.45, 2.75) is 38.6 Å². The Balaban J connectivity index is 2.92. The molecule has 19 heavy (non-hydrogen) atoms. The highest BCUT2D eigenvalue weighted by Gasteiger charge is 2.31. The Morgan fingerprint density at radius 1 is 1.37 bits per heavy atom. The van der Waals surface area contributed by atoms with Gasteiger partial charge in [-0.25, -0.2) is 4.39 Å². The molecule has 0 spiro atoms. The van der Waals surface area contributed by atoms with E-state index in [9.17, 15) is 9.18 Å². The molecule has 0 bridgehead atoms. The molecule has 0 saturated heterocycles. The van der Waals surface area contributed by atoms with Crippen molar-refractivity contribution in [1.29, 1.82) is 0 Å². The molecule has 0 saturated carbocycles. The van der Waals surface area contributed by atoms with Crippen LogP contribution in [-0.2, 0) is 10.2 Å². The molecule has 0 fully saturated rings. The fourth-order valence-electron chi connectivity index (χ4n) is 1.63. The second-order valence-electron chi connectivity index (χ2n) is 5.79. The van der Waals surface area contributed by atoms with E-state index < -0.39 is 16.9 Å². The molecule has 0 unspecified atom stereocenters. The molecule has 1 aromatic carbocycles. The van der Waals surface area contributed by atoms with Gasteiger partial charge < -0.3 is 10.4 Å². The van der Waals surface area contributed by atoms with E-state index in [0.29, 0.717) is 12.1 Å². The second kappa shape index (κ2) is 5.59. The first kappa shape index (κ1) is 16.1. The van der Waals surface area contributed by atoms with Gasteiger partial charge in [0.2, 0.25) is 0 Å². The summed E-state index contributed by atoms with van der Waals surface area (Å²) in [5, 5.41) is 12.0. The molecule has 0 atom stereocenters. The highest BCUT2D eigenvalue weighted by molar-refractivity contribution is 9.10. The van der Waals surface area contributed by atoms with Crippen molar-refractivity contribution in [3.63, 3.8) is 0 Å². The first-order chi connectivity index (χ1) is 8.56. The molecular formula is C14H19BrFNO2. The number of halogens is 2. The van der Waals surface area contributed by atoms with Crippen molar-refractivity contribution >= 4 is 21.9 Å². The van der Waals surface area contributed by atoms with Gasteiger partial charge in [-0.1, -0.05) is 29.8 Å². The quantitative estimate of drug-likeness (QED) is 0.870. The molecule has 0 radical (unpaired) electrons. The molecule has 1 rings (SSSR count). The molecule has 0 heterocycles. The molecular weight excluding hydrogens is 313 g/mol. The van der Waals surface area contributed by atoms with Crippen LogP contribution in [0.4, 0.5) is 4.39 Å². The van der Waals surface area contributed by atoms with Crippen LogP contribution in [0.3, 0.4) is 0 Å². The Kier molecular flexibility index (Phi) is 4.74. The number of carboxylic acids is 1. The van der Waals surface area contributed by atoms with Crippen LogP contribution in [-0.4, -0.2) is 23.2 Å². The number of hydrogen-bond donors (Lipinski definition) is 2. The van der Waals surface area contributed by atoms with Crippen LogP contribution in [0.15, 0.2) is 22.7 Å². The molecule has 3 nitrogen and oxygen atoms in total. The first-order valence-corrected chi connectivity index (χ1v) is 6.79. The lowest BCUT2D eigenvalue weighted by atomic mass is 9.83. The van der Waals surface area contributed by atoms with Gasteiger partial charge in [0.25, 0.3) is 0 Å². The number of aliphatic carboxylic acids is 1. The Hall–Kier alpha value is -0.940. The fourth-order valence-corrected chi connectivity index (χ4v) is 1.99. The van der Waals surface area contributed by atoms with E-state index in [1.807, 2.05) is 13.8 Å². The van der Waals surface area contributed by atoms with E-state index in [-0.39, 0.29) is 5.82 Å². The topological polar surface area (TPSA) is 49.3 Å². The predicted molar refractivity (Wildman–Crippen MR) is 76.8 cm³/mol. The third-order valence-corrected chi connectivity index (χ3v) is 3.66. The smallest absolute Gasteiger partial charge is 0.323 e. The standard InChI is InChI=1S/C14H19BrFNO2/c1-13(2,8-17-14(3,4)12(18)19)10-7-9(15)5-6-11(10)16/h5-7,17H,8H2,1-4H3,(H,18,19). The van der Waals surface area contributed by atoms with Gasteiger partial charge in [-0.05, 0) is 37.6 Å². The van der Waals surface area contributed by atoms with Crippen LogP contribution >= 0.6 is 15.9 Å². The summed E-state index contributed by atoms with van der Waals surface area (Å²) in [5.41, 5.74) is -1.00. The molecule has 5 heteroatoms. The number of carboxylic acid groups (broad SMARTS) is 1. The normalized spacial score (nSPS) is 12.5. The predicted octanol–water partition coefficient (Wildman–Crippen LogP) is 3.32. The molecule has 0 aliphatic carbocycles. The van der Waals surface area contributed by atoms with Gasteiger partial charge in [-0.15, -0.1) is 0 Å². The summed E-state index contributed by atoms with van der Waals surface area (Å²) >= 11 is 3.32. The Bertz CT molecular complexity index is 486. The average Bonchev–Trinajstić information content (AvgIpc) is 2.30. The van der Waals surface area contributed by atoms with Gasteiger partial charge in [0.15, 0.2) is 0 Å². The monoisotopic (exact) mass is 331 g/mol. The first-order valence-electron chi connectivity index (χ1n) is 6.00. The van der Waals surface area contributed by atoms with Crippen molar-refractivity contribution in [1.82, 2.24) is 5.32 Å². The van der Waals surface area contributed by atoms with E-state index in [1.165, 1.54) is 6.07 Å². The molecule has 1 aromatic rings. The summed E-state index contributed by atoms with van der Waals surface area (Å²) in [6, 6.07) is 4.78. The lowest BCUT2D eigenvalue weighted by molar-refractivity contribution is -0.143. The highest BCUT2D eigenvalue weighted by atomic mass is 79.9. The number of carbonyl (C=O) groups is 1. The van der Waals surface area contributed by atoms with Crippen LogP contribution in [0.1, 0.15) is 33.3 Å². The van der Waals surface area contributed by atoms with Crippen molar-refractivity contribution in [2.75, 3.05) is 6.54 Å². The van der Waals surface area contributed by atoms with Crippen molar-refractivity contribution in [3.05, 3.63) is 34.1 Å². The molecule has 0 aliphatic rings. The third-order valence-electron chi connectivity index (χ3n) is 3.16. The zero-order chi connectivity index (χ0) is 14.8. The van der Waals surface area contributed by atoms with E-state index >= 15 is 0 Å². The number of benzene rings is 1. The Morgan fingerprint density at radius 2 is 1.95 bits per heavy atom. The van der Waals surface area contributed by atoms with E-state index in [1.54, 1.807) is 26.0 Å². The molecule has 0 aliphatic heterocycles. The zero-order valence-electron chi connectivity index (χ0n) is 11.6. The van der Waals surface area contributed by atoms with Gasteiger partial charge in [0.1, 0.15) is 11.4 Å². The summed E-state index contributed by atoms with van der Waals surface area (Å²) < 4.78 is 14.7. The maximum atomic E-state index is 13.9. The Morgan fingerprint density at radius 3 is 2.47 bits per heavy atom. The lowest BCUT2D eigenvalue weighted by Crippen LogP contribution is -2.51. The van der Waals surface area contributed by atoms with E-state index in [0.717, 1.165) is 4.47 Å². The van der Waals surface area contributed by atoms with Crippen molar-refractivity contribution < 1.29 is 14.3 Å². The van der Waals surface area contributed by atoms with Crippen LogP contribution < -0.4 is 5.32 Å². The van der Waals surface area contributed by atoms with Gasteiger partial charge in [0, 0.05) is 16.4 Å². The maximum absolute atomic E-state index is 13.9. The summed E-state index contributed by atoms with van der Waals surface area (Å²) in [4.78, 5) is 11.1. The lowest BCUT2D eigenvalue weighted by Gasteiger charge is -2.31. The number of nitrogens with one attached hydrogen (secondary N) is 1. The minimum atomic E-state index is -1.04. The number of rotatable bonds is 5. The van der Waals surface area contributed by atoms with Crippen LogP contribution in [0.5, 0.6) is 0 Å². The molecule has 0 aromatic heterocycles. The minimum Gasteiger partial charge on any atom is -0.480 e. The second-order valence-corrected chi connectivity index (χ2v) is 6.71. The SMILES string of the molecule is CC(C)(NCC(C)(C)c1cc(Br)ccc1F)C(=O)O. The average molecular weight is 332 g/mol. The highest BCUT2D eigenvalue weighted by Crippen LogP contribution is 2.28. The maximum Gasteiger partial charge on any atom is 0.323 e. The van der Waals surface area contributed by atoms with Gasteiger partial charge in [-0.2, -0.15) is 0 Å². The van der Waals surface area contributed by atoms with Gasteiger partial charge in [0.05, 0.1) is 0 Å². The van der Waals surface area contributed by atoms with Crippen LogP contribution in [0.2, 0.25) is 0 Å².